The monoisotopic (exact) mass is 2100 g/mol. The van der Waals surface area contributed by atoms with Crippen LogP contribution in [0.1, 0.15) is 296 Å². The lowest BCUT2D eigenvalue weighted by atomic mass is 9.91. The second-order valence-corrected chi connectivity index (χ2v) is 49.6. The van der Waals surface area contributed by atoms with Gasteiger partial charge in [0.25, 0.3) is 23.6 Å². The number of aromatic hydroxyl groups is 1. The summed E-state index contributed by atoms with van der Waals surface area (Å²) >= 11 is 0. The molecule has 9 aliphatic heterocycles. The number of ketones is 1. The Balaban J connectivity index is 0.000000148. The van der Waals surface area contributed by atoms with Crippen LogP contribution in [0.3, 0.4) is 0 Å². The molecular formula is C110H156F3N11O26. The summed E-state index contributed by atoms with van der Waals surface area (Å²) in [6.45, 7) is 48.3. The van der Waals surface area contributed by atoms with E-state index in [0.717, 1.165) is 76.2 Å². The van der Waals surface area contributed by atoms with Gasteiger partial charge in [-0.3, -0.25) is 58.2 Å². The van der Waals surface area contributed by atoms with Gasteiger partial charge in [-0.05, 0) is 291 Å². The van der Waals surface area contributed by atoms with Crippen LogP contribution in [-0.4, -0.2) is 297 Å². The molecule has 7 saturated carbocycles. The zero-order valence-corrected chi connectivity index (χ0v) is 91.6. The van der Waals surface area contributed by atoms with E-state index in [0.29, 0.717) is 108 Å². The Hall–Kier alpha value is -11.6. The van der Waals surface area contributed by atoms with E-state index in [2.05, 4.69) is 46.5 Å². The molecular weight excluding hydrogens is 1950 g/mol. The first-order chi connectivity index (χ1) is 69.7. The van der Waals surface area contributed by atoms with Crippen molar-refractivity contribution < 1.29 is 133 Å². The van der Waals surface area contributed by atoms with Crippen LogP contribution in [0.4, 0.5) is 41.9 Å². The van der Waals surface area contributed by atoms with E-state index in [1.165, 1.54) is 53.2 Å². The summed E-state index contributed by atoms with van der Waals surface area (Å²) in [5, 5.41) is 22.1. The van der Waals surface area contributed by atoms with E-state index < -0.39 is 140 Å². The molecule has 14 bridgehead atoms. The summed E-state index contributed by atoms with van der Waals surface area (Å²) in [6.07, 6.45) is 11.4. The second-order valence-electron chi connectivity index (χ2n) is 49.6. The summed E-state index contributed by atoms with van der Waals surface area (Å²) < 4.78 is 89.1. The fourth-order valence-corrected chi connectivity index (χ4v) is 26.1. The van der Waals surface area contributed by atoms with Gasteiger partial charge < -0.3 is 78.3 Å². The first kappa shape index (κ1) is 116. The van der Waals surface area contributed by atoms with Crippen molar-refractivity contribution in [1.29, 1.82) is 0 Å². The van der Waals surface area contributed by atoms with Crippen molar-refractivity contribution in [3.05, 3.63) is 110 Å². The highest BCUT2D eigenvalue weighted by Gasteiger charge is 2.63. The fraction of sp³-hybridized carbons (Fsp3) is 0.700. The normalized spacial score (nSPS) is 30.8. The van der Waals surface area contributed by atoms with Gasteiger partial charge in [-0.1, -0.05) is 58.9 Å². The number of carbonyl (C=O) groups excluding carboxylic acids is 14. The molecule has 0 unspecified atom stereocenters. The van der Waals surface area contributed by atoms with Crippen molar-refractivity contribution in [2.75, 3.05) is 41.0 Å². The van der Waals surface area contributed by atoms with Gasteiger partial charge in [-0.2, -0.15) is 0 Å². The molecule has 26 atom stereocenters. The molecule has 7 aliphatic carbocycles. The number of nitrogens with zero attached hydrogens (tertiary/aromatic N) is 9. The van der Waals surface area contributed by atoms with Crippen LogP contribution in [-0.2, 0) is 74.9 Å². The zero-order valence-electron chi connectivity index (χ0n) is 91.6. The minimum Gasteiger partial charge on any atom is -0.503 e. The number of pyridine rings is 1. The Kier molecular flexibility index (Phi) is 34.1. The molecule has 2 aromatic carbocycles. The first-order valence-corrected chi connectivity index (χ1v) is 52.7. The number of aromatic nitrogens is 1. The average Bonchev–Trinajstić information content (AvgIpc) is 1.51. The summed E-state index contributed by atoms with van der Waals surface area (Å²) in [6, 6.07) is 6.32. The standard InChI is InChI=1S/C22H20F3N3O4.C21H26N2O4.C14H23NO4.C14H21NO4.C13H24N2O2.C13H19NO5.C13H23NO3/c1-9-2-10-3-16(9)28-17(10)8-27-7-13(19(29)20(30)18(27)22(28)32)21(31)26-6-12-14(24)4-11(23)5-15(12)25;1-12-9-13-10-16(12)23(20(26)27-21(2,3)4)17(13)11-22-18(24)14-7-5-6-8-15(14)19(22)25;2*1-8-6-9-7-10(8)15(11(9)12(16)18-5)13(17)19-14(2,3)4;1-8-5-9-6-10(8)15(11(9)7-14)12(16)17-13(2,3)4;1-13(2,3)19-12(17)14-8-5-7(6-9(8)15)10(14)11(16)18-4;1-8-5-9-6-10(8)14(11(9)7-15)12(16)17-13(2,3)4/h4-5,7,9-10,16-17,30H,2-3,6,8H2,1H3,(H,26,31);5-8,12-13,16-17H,9-11H2,1-4H3;8-11H,6-7H2,1-5H3;9-11H,1,6-7H2,2-5H3;8-11H,5-7,14H2,1-4H3;7-8,10H,5-6H2,1-4H3;8-11,15H,5-7H2,1-4H3/t9-,10+,16+,17-;12-,13+,16+,17-;8-,9+,10+,11+;9-,10-,11-;8-,9+,10+,11-;7-,8+,10+;8-,9+,10+,11-/m0001000/s1. The number of fused-ring (bicyclic) bond motifs is 19. The summed E-state index contributed by atoms with van der Waals surface area (Å²) in [5.74, 6) is -3.32. The van der Waals surface area contributed by atoms with Crippen LogP contribution in [0.15, 0.2) is 59.5 Å². The van der Waals surface area contributed by atoms with Crippen LogP contribution < -0.4 is 16.5 Å². The largest absolute Gasteiger partial charge is 0.503 e. The number of aliphatic hydroxyl groups excluding tert-OH is 1. The number of amides is 10. The molecule has 37 nitrogen and oxygen atoms in total. The number of hydrogen-bond donors (Lipinski definition) is 4. The maximum Gasteiger partial charge on any atom is 0.411 e. The highest BCUT2D eigenvalue weighted by molar-refractivity contribution is 6.21. The maximum atomic E-state index is 13.8. The van der Waals surface area contributed by atoms with Crippen molar-refractivity contribution in [3.63, 3.8) is 0 Å². The maximum absolute atomic E-state index is 13.8. The molecule has 10 amide bonds. The van der Waals surface area contributed by atoms with Gasteiger partial charge in [0.2, 0.25) is 5.43 Å². The Labute approximate surface area is 876 Å². The molecule has 10 heterocycles. The lowest BCUT2D eigenvalue weighted by molar-refractivity contribution is -0.150. The quantitative estimate of drug-likeness (QED) is 0.0634. The number of halogens is 3. The second kappa shape index (κ2) is 44.2. The van der Waals surface area contributed by atoms with Gasteiger partial charge in [0.15, 0.2) is 17.2 Å². The van der Waals surface area contributed by atoms with Gasteiger partial charge in [-0.25, -0.2) is 56.3 Å². The molecule has 828 valence electrons. The van der Waals surface area contributed by atoms with Gasteiger partial charge in [0.1, 0.15) is 74.7 Å². The summed E-state index contributed by atoms with van der Waals surface area (Å²) in [4.78, 5) is 198. The van der Waals surface area contributed by atoms with Crippen molar-refractivity contribution in [2.45, 2.75) is 380 Å². The third-order valence-electron chi connectivity index (χ3n) is 32.0. The van der Waals surface area contributed by atoms with Crippen LogP contribution in [0.2, 0.25) is 0 Å². The van der Waals surface area contributed by atoms with Crippen LogP contribution in [0.25, 0.3) is 0 Å². The SMILES string of the molecule is C=C1C[C@@H]2C[C@H]1N(C(=O)OC(C)(C)C)[C@H]2C(=O)OC.COC(=O)[C@H]1[C@@H]2CC(=O)[C@@H](C2)N1C(=O)OC(C)(C)C.COC(=O)[C@H]1[C@H]2C[C@H]([C@@H](C)C2)N1C(=O)OC(C)(C)C.C[C@H]1C[C@@H]2C[C@H]1N(C(=O)OC(C)(C)C)[C@H]2CN.C[C@H]1C[C@@H]2C[C@H]1N(C(=O)OC(C)(C)C)[C@H]2CN1C(=O)c2ccccc2C1=O.C[C@H]1C[C@@H]2C[C@H]1N(C(=O)OC(C)(C)C)[C@H]2CO.C[C@H]1C[C@@H]2C[C@H]1N1C(=O)c3c(O)c(=O)c(C(=O)NCc4c(F)cc(F)cc4F)cn3C[C@@H]21. The number of nitrogens with one attached hydrogen (secondary N) is 1. The Bertz CT molecular complexity index is 5530. The molecule has 0 spiro atoms. The number of hydrogen-bond acceptors (Lipinski definition) is 27. The van der Waals surface area contributed by atoms with Crippen molar-refractivity contribution >= 4 is 83.9 Å². The molecule has 40 heteroatoms. The van der Waals surface area contributed by atoms with Crippen molar-refractivity contribution in [1.82, 2.24) is 49.1 Å². The Morgan fingerprint density at radius 1 is 0.433 bits per heavy atom. The van der Waals surface area contributed by atoms with E-state index in [4.69, 9.17) is 48.4 Å². The number of ether oxygens (including phenoxy) is 9. The molecule has 1 aromatic heterocycles. The van der Waals surface area contributed by atoms with Gasteiger partial charge in [0, 0.05) is 80.2 Å². The predicted molar refractivity (Wildman–Crippen MR) is 541 cm³/mol. The highest BCUT2D eigenvalue weighted by atomic mass is 19.1. The lowest BCUT2D eigenvalue weighted by Crippen LogP contribution is -2.54. The molecule has 3 aromatic rings. The molecule has 150 heavy (non-hydrogen) atoms. The minimum absolute atomic E-state index is 0.00369. The van der Waals surface area contributed by atoms with Gasteiger partial charge in [-0.15, -0.1) is 0 Å². The van der Waals surface area contributed by atoms with E-state index in [-0.39, 0.29) is 139 Å². The number of aliphatic hydroxyl groups is 1. The molecule has 19 rings (SSSR count). The molecule has 16 aliphatic rings. The minimum atomic E-state index is -1.18. The number of carbonyl (C=O) groups is 14. The molecule has 5 N–H and O–H groups in total. The van der Waals surface area contributed by atoms with E-state index in [9.17, 15) is 95.3 Å². The number of nitrogens with two attached hydrogens (primary N) is 1. The predicted octanol–water partition coefficient (Wildman–Crippen LogP) is 14.9. The average molecular weight is 2110 g/mol. The number of likely N-dealkylation sites (tertiary alicyclic amines) is 6. The first-order valence-electron chi connectivity index (χ1n) is 52.7. The fourth-order valence-electron chi connectivity index (χ4n) is 26.1. The summed E-state index contributed by atoms with van der Waals surface area (Å²) in [7, 11) is 3.99. The smallest absolute Gasteiger partial charge is 0.411 e. The Morgan fingerprint density at radius 3 is 1.22 bits per heavy atom. The van der Waals surface area contributed by atoms with E-state index >= 15 is 0 Å². The zero-order chi connectivity index (χ0) is 111. The van der Waals surface area contributed by atoms with Crippen LogP contribution in [0, 0.1) is 88.5 Å². The van der Waals surface area contributed by atoms with E-state index in [1.54, 1.807) is 85.4 Å². The van der Waals surface area contributed by atoms with Crippen molar-refractivity contribution in [2.24, 2.45) is 76.7 Å². The molecule has 7 saturated heterocycles. The number of methoxy groups -OCH3 is 3. The number of Topliss-reactive ketones (excluding diaryl/α,β-unsaturated/α-hetero) is 1. The van der Waals surface area contributed by atoms with Crippen LogP contribution in [0.5, 0.6) is 5.75 Å². The third-order valence-corrected chi connectivity index (χ3v) is 32.0. The van der Waals surface area contributed by atoms with E-state index in [1.807, 2.05) is 88.0 Å². The Morgan fingerprint density at radius 2 is 0.787 bits per heavy atom. The lowest BCUT2D eigenvalue weighted by Gasteiger charge is -2.42. The summed E-state index contributed by atoms with van der Waals surface area (Å²) in [5.41, 5.74) is 2.20. The molecule has 0 radical (unpaired) electrons. The number of rotatable bonds is 10. The number of benzene rings is 2. The molecule has 14 fully saturated rings. The third kappa shape index (κ3) is 24.4. The number of esters is 3. The van der Waals surface area contributed by atoms with Crippen molar-refractivity contribution in [3.8, 4) is 5.75 Å². The number of imide groups is 1. The van der Waals surface area contributed by atoms with Gasteiger partial charge >= 0.3 is 54.5 Å². The topological polar surface area (TPSA) is 448 Å². The highest BCUT2D eigenvalue weighted by Crippen LogP contribution is 2.54. The van der Waals surface area contributed by atoms with Gasteiger partial charge in [0.05, 0.1) is 81.9 Å². The number of piperidine rings is 7. The van der Waals surface area contributed by atoms with Crippen LogP contribution >= 0.6 is 0 Å².